The highest BCUT2D eigenvalue weighted by Crippen LogP contribution is 2.20. The van der Waals surface area contributed by atoms with Crippen LogP contribution in [0.25, 0.3) is 0 Å². The number of amides is 2. The van der Waals surface area contributed by atoms with Gasteiger partial charge in [0.05, 0.1) is 6.42 Å². The van der Waals surface area contributed by atoms with Gasteiger partial charge in [-0.3, -0.25) is 14.9 Å². The number of carbonyl (C=O) groups excluding carboxylic acids is 2. The Bertz CT molecular complexity index is 454. The molecule has 0 aromatic heterocycles. The monoisotopic (exact) mass is 232 g/mol. The van der Waals surface area contributed by atoms with Crippen LogP contribution in [-0.2, 0) is 9.59 Å². The van der Waals surface area contributed by atoms with Crippen LogP contribution in [0.4, 0.5) is 5.69 Å². The molecule has 1 aromatic carbocycles. The average molecular weight is 232 g/mol. The zero-order chi connectivity index (χ0) is 12.4. The SMILES string of the molecule is CC(C)c1cccc(NC2CC(=O)NC2=O)c1. The van der Waals surface area contributed by atoms with Crippen molar-refractivity contribution in [2.45, 2.75) is 32.2 Å². The molecule has 1 saturated heterocycles. The lowest BCUT2D eigenvalue weighted by Crippen LogP contribution is -2.30. The molecule has 1 atom stereocenters. The maximum absolute atomic E-state index is 11.4. The minimum atomic E-state index is -0.440. The second-order valence-electron chi connectivity index (χ2n) is 4.59. The Morgan fingerprint density at radius 1 is 1.35 bits per heavy atom. The maximum Gasteiger partial charge on any atom is 0.249 e. The summed E-state index contributed by atoms with van der Waals surface area (Å²) in [7, 11) is 0. The molecule has 90 valence electrons. The normalized spacial score (nSPS) is 19.6. The van der Waals surface area contributed by atoms with Gasteiger partial charge in [0, 0.05) is 5.69 Å². The van der Waals surface area contributed by atoms with Crippen molar-refractivity contribution in [1.82, 2.24) is 5.32 Å². The maximum atomic E-state index is 11.4. The third kappa shape index (κ3) is 2.64. The second-order valence-corrected chi connectivity index (χ2v) is 4.59. The molecule has 1 aliphatic heterocycles. The molecule has 4 nitrogen and oxygen atoms in total. The fourth-order valence-corrected chi connectivity index (χ4v) is 1.86. The second kappa shape index (κ2) is 4.57. The van der Waals surface area contributed by atoms with Crippen LogP contribution in [-0.4, -0.2) is 17.9 Å². The van der Waals surface area contributed by atoms with E-state index < -0.39 is 6.04 Å². The first kappa shape index (κ1) is 11.6. The quantitative estimate of drug-likeness (QED) is 0.779. The molecular weight excluding hydrogens is 216 g/mol. The number of imide groups is 1. The summed E-state index contributed by atoms with van der Waals surface area (Å²) < 4.78 is 0. The molecule has 0 bridgehead atoms. The third-order valence-corrected chi connectivity index (χ3v) is 2.86. The van der Waals surface area contributed by atoms with Gasteiger partial charge in [-0.1, -0.05) is 26.0 Å². The Hall–Kier alpha value is -1.84. The van der Waals surface area contributed by atoms with E-state index in [1.54, 1.807) is 0 Å². The van der Waals surface area contributed by atoms with E-state index in [0.29, 0.717) is 5.92 Å². The molecule has 1 aliphatic rings. The van der Waals surface area contributed by atoms with Crippen LogP contribution < -0.4 is 10.6 Å². The summed E-state index contributed by atoms with van der Waals surface area (Å²) in [5, 5.41) is 5.37. The molecule has 2 N–H and O–H groups in total. The van der Waals surface area contributed by atoms with Gasteiger partial charge in [0.25, 0.3) is 0 Å². The van der Waals surface area contributed by atoms with Gasteiger partial charge in [-0.2, -0.15) is 0 Å². The zero-order valence-electron chi connectivity index (χ0n) is 9.99. The predicted molar refractivity (Wildman–Crippen MR) is 65.7 cm³/mol. The van der Waals surface area contributed by atoms with E-state index in [1.165, 1.54) is 5.56 Å². The van der Waals surface area contributed by atoms with E-state index in [1.807, 2.05) is 18.2 Å². The van der Waals surface area contributed by atoms with Crippen LogP contribution in [0, 0.1) is 0 Å². The van der Waals surface area contributed by atoms with Gasteiger partial charge < -0.3 is 5.32 Å². The van der Waals surface area contributed by atoms with E-state index >= 15 is 0 Å². The molecule has 1 unspecified atom stereocenters. The highest BCUT2D eigenvalue weighted by Gasteiger charge is 2.30. The summed E-state index contributed by atoms with van der Waals surface area (Å²) in [4.78, 5) is 22.5. The topological polar surface area (TPSA) is 58.2 Å². The van der Waals surface area contributed by atoms with Crippen molar-refractivity contribution in [3.05, 3.63) is 29.8 Å². The molecular formula is C13H16N2O2. The lowest BCUT2D eigenvalue weighted by molar-refractivity contribution is -0.124. The van der Waals surface area contributed by atoms with Gasteiger partial charge in [0.15, 0.2) is 0 Å². The Labute approximate surface area is 100 Å². The highest BCUT2D eigenvalue weighted by atomic mass is 16.2. The lowest BCUT2D eigenvalue weighted by Gasteiger charge is -2.13. The summed E-state index contributed by atoms with van der Waals surface area (Å²) in [5.74, 6) is -0.0201. The van der Waals surface area contributed by atoms with E-state index in [2.05, 4.69) is 30.5 Å². The Balaban J connectivity index is 2.11. The van der Waals surface area contributed by atoms with Crippen LogP contribution in [0.3, 0.4) is 0 Å². The number of nitrogens with one attached hydrogen (secondary N) is 2. The first-order valence-corrected chi connectivity index (χ1v) is 5.76. The van der Waals surface area contributed by atoms with Crippen LogP contribution in [0.15, 0.2) is 24.3 Å². The zero-order valence-corrected chi connectivity index (χ0v) is 9.99. The van der Waals surface area contributed by atoms with E-state index in [9.17, 15) is 9.59 Å². The molecule has 2 amide bonds. The molecule has 0 radical (unpaired) electrons. The molecule has 0 aliphatic carbocycles. The van der Waals surface area contributed by atoms with Gasteiger partial charge in [0.2, 0.25) is 11.8 Å². The number of rotatable bonds is 3. The lowest BCUT2D eigenvalue weighted by atomic mass is 10.0. The molecule has 0 spiro atoms. The fraction of sp³-hybridized carbons (Fsp3) is 0.385. The molecule has 1 fully saturated rings. The number of anilines is 1. The van der Waals surface area contributed by atoms with Crippen molar-refractivity contribution in [2.24, 2.45) is 0 Å². The van der Waals surface area contributed by atoms with E-state index in [-0.39, 0.29) is 18.2 Å². The van der Waals surface area contributed by atoms with Gasteiger partial charge >= 0.3 is 0 Å². The van der Waals surface area contributed by atoms with Crippen LogP contribution >= 0.6 is 0 Å². The Morgan fingerprint density at radius 3 is 2.71 bits per heavy atom. The summed E-state index contributed by atoms with van der Waals surface area (Å²) in [6.07, 6.45) is 0.213. The first-order chi connectivity index (χ1) is 8.06. The van der Waals surface area contributed by atoms with Crippen molar-refractivity contribution in [3.8, 4) is 0 Å². The standard InChI is InChI=1S/C13H16N2O2/c1-8(2)9-4-3-5-10(6-9)14-11-7-12(16)15-13(11)17/h3-6,8,11,14H,7H2,1-2H3,(H,15,16,17). The van der Waals surface area contributed by atoms with Crippen molar-refractivity contribution in [2.75, 3.05) is 5.32 Å². The van der Waals surface area contributed by atoms with Crippen molar-refractivity contribution >= 4 is 17.5 Å². The van der Waals surface area contributed by atoms with Crippen LogP contribution in [0.2, 0.25) is 0 Å². The number of carbonyl (C=O) groups is 2. The molecule has 1 aromatic rings. The Morgan fingerprint density at radius 2 is 2.12 bits per heavy atom. The Kier molecular flexibility index (Phi) is 3.13. The predicted octanol–water partition coefficient (Wildman–Crippen LogP) is 1.64. The van der Waals surface area contributed by atoms with E-state index in [4.69, 9.17) is 0 Å². The van der Waals surface area contributed by atoms with Crippen molar-refractivity contribution < 1.29 is 9.59 Å². The highest BCUT2D eigenvalue weighted by molar-refractivity contribution is 6.06. The summed E-state index contributed by atoms with van der Waals surface area (Å²) in [5.41, 5.74) is 2.09. The van der Waals surface area contributed by atoms with Crippen LogP contribution in [0.5, 0.6) is 0 Å². The summed E-state index contributed by atoms with van der Waals surface area (Å²) in [6.45, 7) is 4.23. The number of hydrogen-bond acceptors (Lipinski definition) is 3. The van der Waals surface area contributed by atoms with Gasteiger partial charge in [-0.15, -0.1) is 0 Å². The molecule has 0 saturated carbocycles. The summed E-state index contributed by atoms with van der Waals surface area (Å²) in [6, 6.07) is 7.48. The fourth-order valence-electron chi connectivity index (χ4n) is 1.86. The smallest absolute Gasteiger partial charge is 0.249 e. The van der Waals surface area contributed by atoms with Crippen molar-refractivity contribution in [1.29, 1.82) is 0 Å². The molecule has 4 heteroatoms. The molecule has 2 rings (SSSR count). The van der Waals surface area contributed by atoms with Gasteiger partial charge in [0.1, 0.15) is 6.04 Å². The molecule has 17 heavy (non-hydrogen) atoms. The largest absolute Gasteiger partial charge is 0.373 e. The third-order valence-electron chi connectivity index (χ3n) is 2.86. The minimum Gasteiger partial charge on any atom is -0.373 e. The average Bonchev–Trinajstić information content (AvgIpc) is 2.58. The first-order valence-electron chi connectivity index (χ1n) is 5.76. The molecule has 1 heterocycles. The van der Waals surface area contributed by atoms with E-state index in [0.717, 1.165) is 5.69 Å². The van der Waals surface area contributed by atoms with Crippen molar-refractivity contribution in [3.63, 3.8) is 0 Å². The van der Waals surface area contributed by atoms with Crippen LogP contribution in [0.1, 0.15) is 31.7 Å². The van der Waals surface area contributed by atoms with Gasteiger partial charge in [-0.25, -0.2) is 0 Å². The number of benzene rings is 1. The number of hydrogen-bond donors (Lipinski definition) is 2. The minimum absolute atomic E-state index is 0.213. The summed E-state index contributed by atoms with van der Waals surface area (Å²) >= 11 is 0. The van der Waals surface area contributed by atoms with Gasteiger partial charge in [-0.05, 0) is 23.6 Å².